The summed E-state index contributed by atoms with van der Waals surface area (Å²) in [5, 5.41) is 27.3. The van der Waals surface area contributed by atoms with Crippen LogP contribution in [0.1, 0.15) is 32.6 Å². The Labute approximate surface area is 118 Å². The zero-order valence-corrected chi connectivity index (χ0v) is 11.7. The molecule has 1 unspecified atom stereocenters. The second-order valence-electron chi connectivity index (χ2n) is 4.30. The number of aliphatic hydroxyl groups is 2. The van der Waals surface area contributed by atoms with Gasteiger partial charge in [0.25, 0.3) is 0 Å². The first-order chi connectivity index (χ1) is 9.43. The Morgan fingerprint density at radius 3 is 2.50 bits per heavy atom. The van der Waals surface area contributed by atoms with Crippen LogP contribution in [0.5, 0.6) is 0 Å². The van der Waals surface area contributed by atoms with Crippen molar-refractivity contribution in [3.8, 4) is 0 Å². The zero-order chi connectivity index (χ0) is 15.5. The number of esters is 1. The molecular weight excluding hydrogens is 264 g/mol. The number of aliphatic carboxylic acids is 1. The number of ether oxygens (including phenoxy) is 1. The molecule has 0 saturated carbocycles. The lowest BCUT2D eigenvalue weighted by Crippen LogP contribution is -2.19. The van der Waals surface area contributed by atoms with E-state index in [4.69, 9.17) is 14.9 Å². The molecule has 0 aromatic carbocycles. The standard InChI is InChI=1S/C14H22O6/c1-3-6-12(16)11(13(17)18)9-10(2)14(19)20-8-5-4-7-15/h9,12,15-16H,2-8H2,1H3,(H,17,18). The molecule has 0 aromatic rings. The molecule has 6 heteroatoms. The van der Waals surface area contributed by atoms with Gasteiger partial charge < -0.3 is 20.1 Å². The number of carbonyl (C=O) groups excluding carboxylic acids is 1. The summed E-state index contributed by atoms with van der Waals surface area (Å²) < 4.78 is 4.86. The van der Waals surface area contributed by atoms with Crippen LogP contribution in [0.25, 0.3) is 0 Å². The maximum absolute atomic E-state index is 11.5. The molecule has 6 nitrogen and oxygen atoms in total. The lowest BCUT2D eigenvalue weighted by molar-refractivity contribution is -0.138. The van der Waals surface area contributed by atoms with Gasteiger partial charge in [-0.1, -0.05) is 19.9 Å². The lowest BCUT2D eigenvalue weighted by Gasteiger charge is -2.11. The van der Waals surface area contributed by atoms with Gasteiger partial charge in [-0.2, -0.15) is 0 Å². The van der Waals surface area contributed by atoms with Crippen molar-refractivity contribution >= 4 is 11.9 Å². The summed E-state index contributed by atoms with van der Waals surface area (Å²) in [7, 11) is 0. The first kappa shape index (κ1) is 18.3. The Morgan fingerprint density at radius 1 is 1.35 bits per heavy atom. The molecule has 1 atom stereocenters. The van der Waals surface area contributed by atoms with Crippen molar-refractivity contribution < 1.29 is 29.6 Å². The van der Waals surface area contributed by atoms with E-state index in [1.54, 1.807) is 0 Å². The number of aliphatic hydroxyl groups excluding tert-OH is 2. The monoisotopic (exact) mass is 286 g/mol. The molecule has 3 N–H and O–H groups in total. The molecule has 0 amide bonds. The van der Waals surface area contributed by atoms with Crippen LogP contribution in [0.15, 0.2) is 23.8 Å². The maximum atomic E-state index is 11.5. The molecule has 0 aliphatic carbocycles. The van der Waals surface area contributed by atoms with Crippen molar-refractivity contribution in [2.45, 2.75) is 38.7 Å². The number of unbranched alkanes of at least 4 members (excludes halogenated alkanes) is 1. The number of hydrogen-bond acceptors (Lipinski definition) is 5. The molecule has 0 aliphatic rings. The van der Waals surface area contributed by atoms with Crippen LogP contribution < -0.4 is 0 Å². The van der Waals surface area contributed by atoms with E-state index in [2.05, 4.69) is 6.58 Å². The number of carboxylic acids is 1. The fourth-order valence-electron chi connectivity index (χ4n) is 1.45. The average molecular weight is 286 g/mol. The van der Waals surface area contributed by atoms with Crippen LogP contribution in [0.3, 0.4) is 0 Å². The minimum Gasteiger partial charge on any atom is -0.478 e. The second-order valence-corrected chi connectivity index (χ2v) is 4.30. The average Bonchev–Trinajstić information content (AvgIpc) is 2.40. The summed E-state index contributed by atoms with van der Waals surface area (Å²) in [6.07, 6.45) is 1.84. The van der Waals surface area contributed by atoms with Crippen molar-refractivity contribution in [3.05, 3.63) is 23.8 Å². The van der Waals surface area contributed by atoms with Gasteiger partial charge in [0.2, 0.25) is 0 Å². The zero-order valence-electron chi connectivity index (χ0n) is 11.7. The Balaban J connectivity index is 4.59. The molecule has 20 heavy (non-hydrogen) atoms. The third-order valence-electron chi connectivity index (χ3n) is 2.55. The van der Waals surface area contributed by atoms with Crippen LogP contribution >= 0.6 is 0 Å². The van der Waals surface area contributed by atoms with Crippen molar-refractivity contribution in [3.63, 3.8) is 0 Å². The fraction of sp³-hybridized carbons (Fsp3) is 0.571. The summed E-state index contributed by atoms with van der Waals surface area (Å²) in [6, 6.07) is 0. The van der Waals surface area contributed by atoms with E-state index in [0.29, 0.717) is 19.3 Å². The van der Waals surface area contributed by atoms with Crippen molar-refractivity contribution in [1.82, 2.24) is 0 Å². The first-order valence-electron chi connectivity index (χ1n) is 6.53. The number of carboxylic acid groups (broad SMARTS) is 1. The Kier molecular flexibility index (Phi) is 9.32. The second kappa shape index (κ2) is 10.2. The topological polar surface area (TPSA) is 104 Å². The lowest BCUT2D eigenvalue weighted by atomic mass is 10.0. The number of hydrogen-bond donors (Lipinski definition) is 3. The Hall–Kier alpha value is -1.66. The van der Waals surface area contributed by atoms with Crippen LogP contribution in [-0.2, 0) is 14.3 Å². The van der Waals surface area contributed by atoms with Gasteiger partial charge in [0.05, 0.1) is 23.9 Å². The van der Waals surface area contributed by atoms with E-state index in [-0.39, 0.29) is 30.8 Å². The molecule has 0 bridgehead atoms. The molecule has 114 valence electrons. The smallest absolute Gasteiger partial charge is 0.337 e. The third kappa shape index (κ3) is 7.06. The van der Waals surface area contributed by atoms with Gasteiger partial charge in [0.1, 0.15) is 0 Å². The van der Waals surface area contributed by atoms with Crippen molar-refractivity contribution in [1.29, 1.82) is 0 Å². The Morgan fingerprint density at radius 2 is 2.00 bits per heavy atom. The number of rotatable bonds is 10. The van der Waals surface area contributed by atoms with E-state index in [0.717, 1.165) is 6.08 Å². The highest BCUT2D eigenvalue weighted by Gasteiger charge is 2.19. The van der Waals surface area contributed by atoms with Gasteiger partial charge in [-0.05, 0) is 25.3 Å². The highest BCUT2D eigenvalue weighted by molar-refractivity contribution is 5.95. The maximum Gasteiger partial charge on any atom is 0.337 e. The normalized spacial score (nSPS) is 12.8. The summed E-state index contributed by atoms with van der Waals surface area (Å²) in [5.74, 6) is -2.02. The minimum atomic E-state index is -1.29. The van der Waals surface area contributed by atoms with Crippen LogP contribution in [0.4, 0.5) is 0 Å². The van der Waals surface area contributed by atoms with E-state index in [9.17, 15) is 14.7 Å². The molecule has 0 heterocycles. The Bertz CT molecular complexity index is 372. The van der Waals surface area contributed by atoms with Crippen molar-refractivity contribution in [2.75, 3.05) is 13.2 Å². The van der Waals surface area contributed by atoms with Gasteiger partial charge in [-0.15, -0.1) is 0 Å². The van der Waals surface area contributed by atoms with Crippen molar-refractivity contribution in [2.24, 2.45) is 0 Å². The first-order valence-corrected chi connectivity index (χ1v) is 6.53. The van der Waals surface area contributed by atoms with Gasteiger partial charge in [0.15, 0.2) is 0 Å². The summed E-state index contributed by atoms with van der Waals surface area (Å²) in [5.41, 5.74) is -0.397. The van der Waals surface area contributed by atoms with E-state index in [1.807, 2.05) is 6.92 Å². The molecule has 0 radical (unpaired) electrons. The van der Waals surface area contributed by atoms with Gasteiger partial charge in [0, 0.05) is 6.61 Å². The van der Waals surface area contributed by atoms with E-state index < -0.39 is 18.0 Å². The predicted molar refractivity (Wildman–Crippen MR) is 73.1 cm³/mol. The van der Waals surface area contributed by atoms with Crippen LogP contribution in [0, 0.1) is 0 Å². The molecule has 0 aromatic heterocycles. The highest BCUT2D eigenvalue weighted by atomic mass is 16.5. The van der Waals surface area contributed by atoms with Crippen LogP contribution in [0.2, 0.25) is 0 Å². The van der Waals surface area contributed by atoms with E-state index in [1.165, 1.54) is 0 Å². The van der Waals surface area contributed by atoms with Gasteiger partial charge in [-0.3, -0.25) is 0 Å². The predicted octanol–water partition coefficient (Wildman–Crippen LogP) is 1.03. The molecule has 0 aliphatic heterocycles. The fourth-order valence-corrected chi connectivity index (χ4v) is 1.45. The molecule has 0 fully saturated rings. The van der Waals surface area contributed by atoms with Gasteiger partial charge in [-0.25, -0.2) is 9.59 Å². The highest BCUT2D eigenvalue weighted by Crippen LogP contribution is 2.12. The van der Waals surface area contributed by atoms with E-state index >= 15 is 0 Å². The largest absolute Gasteiger partial charge is 0.478 e. The van der Waals surface area contributed by atoms with Crippen LogP contribution in [-0.4, -0.2) is 46.6 Å². The molecule has 0 rings (SSSR count). The summed E-state index contributed by atoms with van der Waals surface area (Å²) in [6.45, 7) is 5.41. The number of carbonyl (C=O) groups is 2. The summed E-state index contributed by atoms with van der Waals surface area (Å²) in [4.78, 5) is 22.6. The quantitative estimate of drug-likeness (QED) is 0.240. The molecule has 0 spiro atoms. The SMILES string of the molecule is C=C(C=C(C(=O)O)C(O)CCC)C(=O)OCCCCO. The molecular formula is C14H22O6. The third-order valence-corrected chi connectivity index (χ3v) is 2.55. The minimum absolute atomic E-state index is 0.0186. The summed E-state index contributed by atoms with van der Waals surface area (Å²) >= 11 is 0. The molecule has 0 saturated heterocycles. The van der Waals surface area contributed by atoms with Gasteiger partial charge >= 0.3 is 11.9 Å².